The van der Waals surface area contributed by atoms with Crippen LogP contribution >= 0.6 is 11.6 Å². The summed E-state index contributed by atoms with van der Waals surface area (Å²) < 4.78 is 11.1. The van der Waals surface area contributed by atoms with Gasteiger partial charge in [-0.15, -0.1) is 0 Å². The van der Waals surface area contributed by atoms with Gasteiger partial charge in [-0.2, -0.15) is 0 Å². The van der Waals surface area contributed by atoms with Crippen LogP contribution in [0.3, 0.4) is 0 Å². The van der Waals surface area contributed by atoms with Gasteiger partial charge in [0.2, 0.25) is 0 Å². The summed E-state index contributed by atoms with van der Waals surface area (Å²) in [7, 11) is 1.64. The zero-order valence-electron chi connectivity index (χ0n) is 12.5. The van der Waals surface area contributed by atoms with E-state index in [-0.39, 0.29) is 6.10 Å². The second-order valence-electron chi connectivity index (χ2n) is 4.99. The molecule has 0 aliphatic carbocycles. The van der Waals surface area contributed by atoms with Crippen molar-refractivity contribution in [3.63, 3.8) is 0 Å². The van der Waals surface area contributed by atoms with E-state index >= 15 is 0 Å². The van der Waals surface area contributed by atoms with Crippen molar-refractivity contribution in [2.75, 3.05) is 12.4 Å². The number of ether oxygens (including phenoxy) is 2. The van der Waals surface area contributed by atoms with E-state index in [2.05, 4.69) is 5.32 Å². The molecule has 2 rings (SSSR count). The fourth-order valence-electron chi connectivity index (χ4n) is 1.98. The lowest BCUT2D eigenvalue weighted by Gasteiger charge is -2.15. The molecular weight excluding hydrogens is 286 g/mol. The standard InChI is InChI=1S/C17H20ClNO2/c1-12(2)21-17-10-13(8-9-16(17)20-3)11-19-15-7-5-4-6-14(15)18/h4-10,12,19H,11H2,1-3H3. The molecule has 2 aromatic carbocycles. The molecule has 0 atom stereocenters. The zero-order valence-corrected chi connectivity index (χ0v) is 13.3. The summed E-state index contributed by atoms with van der Waals surface area (Å²) in [6, 6.07) is 13.6. The van der Waals surface area contributed by atoms with Crippen molar-refractivity contribution in [1.82, 2.24) is 0 Å². The second-order valence-corrected chi connectivity index (χ2v) is 5.39. The van der Waals surface area contributed by atoms with E-state index in [0.717, 1.165) is 22.7 Å². The average Bonchev–Trinajstić information content (AvgIpc) is 2.46. The predicted molar refractivity (Wildman–Crippen MR) is 87.5 cm³/mol. The molecule has 0 spiro atoms. The van der Waals surface area contributed by atoms with Gasteiger partial charge < -0.3 is 14.8 Å². The summed E-state index contributed by atoms with van der Waals surface area (Å²) in [4.78, 5) is 0. The molecule has 0 saturated heterocycles. The molecule has 112 valence electrons. The molecule has 21 heavy (non-hydrogen) atoms. The Morgan fingerprint density at radius 1 is 1.10 bits per heavy atom. The Hall–Kier alpha value is -1.87. The van der Waals surface area contributed by atoms with Gasteiger partial charge in [0.05, 0.1) is 23.9 Å². The van der Waals surface area contributed by atoms with Crippen LogP contribution in [0.5, 0.6) is 11.5 Å². The fraction of sp³-hybridized carbons (Fsp3) is 0.294. The maximum atomic E-state index is 6.13. The van der Waals surface area contributed by atoms with Crippen LogP contribution in [0.15, 0.2) is 42.5 Å². The molecule has 0 saturated carbocycles. The third kappa shape index (κ3) is 4.30. The first kappa shape index (κ1) is 15.5. The van der Waals surface area contributed by atoms with E-state index in [4.69, 9.17) is 21.1 Å². The molecule has 3 nitrogen and oxygen atoms in total. The predicted octanol–water partition coefficient (Wildman–Crippen LogP) is 4.75. The van der Waals surface area contributed by atoms with Gasteiger partial charge in [0, 0.05) is 6.54 Å². The highest BCUT2D eigenvalue weighted by molar-refractivity contribution is 6.33. The molecule has 0 aromatic heterocycles. The van der Waals surface area contributed by atoms with Gasteiger partial charge in [-0.1, -0.05) is 29.8 Å². The van der Waals surface area contributed by atoms with Crippen LogP contribution < -0.4 is 14.8 Å². The third-order valence-corrected chi connectivity index (χ3v) is 3.28. The highest BCUT2D eigenvalue weighted by Crippen LogP contribution is 2.29. The number of benzene rings is 2. The van der Waals surface area contributed by atoms with Crippen LogP contribution in [0.2, 0.25) is 5.02 Å². The topological polar surface area (TPSA) is 30.5 Å². The highest BCUT2D eigenvalue weighted by Gasteiger charge is 2.08. The molecule has 4 heteroatoms. The summed E-state index contributed by atoms with van der Waals surface area (Å²) in [5.41, 5.74) is 2.02. The van der Waals surface area contributed by atoms with Crippen LogP contribution in [0.1, 0.15) is 19.4 Å². The summed E-state index contributed by atoms with van der Waals surface area (Å²) in [5, 5.41) is 4.03. The minimum atomic E-state index is 0.102. The van der Waals surface area contributed by atoms with Crippen molar-refractivity contribution in [2.24, 2.45) is 0 Å². The van der Waals surface area contributed by atoms with Crippen LogP contribution in [-0.2, 0) is 6.54 Å². The van der Waals surface area contributed by atoms with Gasteiger partial charge in [0.1, 0.15) is 0 Å². The van der Waals surface area contributed by atoms with Gasteiger partial charge in [0.15, 0.2) is 11.5 Å². The van der Waals surface area contributed by atoms with Crippen LogP contribution in [0.4, 0.5) is 5.69 Å². The summed E-state index contributed by atoms with van der Waals surface area (Å²) in [6.07, 6.45) is 0.102. The molecule has 0 fully saturated rings. The number of hydrogen-bond donors (Lipinski definition) is 1. The van der Waals surface area contributed by atoms with Gasteiger partial charge >= 0.3 is 0 Å². The number of methoxy groups -OCH3 is 1. The Kier molecular flexibility index (Phi) is 5.34. The van der Waals surface area contributed by atoms with Crippen molar-refractivity contribution in [3.8, 4) is 11.5 Å². The number of anilines is 1. The quantitative estimate of drug-likeness (QED) is 0.835. The number of rotatable bonds is 6. The van der Waals surface area contributed by atoms with Crippen LogP contribution in [0, 0.1) is 0 Å². The van der Waals surface area contributed by atoms with E-state index in [1.165, 1.54) is 0 Å². The Labute approximate surface area is 130 Å². The normalized spacial score (nSPS) is 10.5. The van der Waals surface area contributed by atoms with Crippen molar-refractivity contribution in [2.45, 2.75) is 26.5 Å². The molecule has 0 heterocycles. The lowest BCUT2D eigenvalue weighted by atomic mass is 10.2. The average molecular weight is 306 g/mol. The molecule has 0 aliphatic rings. The second kappa shape index (κ2) is 7.23. The van der Waals surface area contributed by atoms with E-state index in [1.54, 1.807) is 7.11 Å². The fourth-order valence-corrected chi connectivity index (χ4v) is 2.18. The third-order valence-electron chi connectivity index (χ3n) is 2.95. The zero-order chi connectivity index (χ0) is 15.2. The number of hydrogen-bond acceptors (Lipinski definition) is 3. The first-order chi connectivity index (χ1) is 10.1. The maximum Gasteiger partial charge on any atom is 0.161 e. The number of nitrogens with one attached hydrogen (secondary N) is 1. The monoisotopic (exact) mass is 305 g/mol. The molecule has 2 aromatic rings. The number of halogens is 1. The SMILES string of the molecule is COc1ccc(CNc2ccccc2Cl)cc1OC(C)C. The molecular formula is C17H20ClNO2. The van der Waals surface area contributed by atoms with Crippen LogP contribution in [-0.4, -0.2) is 13.2 Å². The van der Waals surface area contributed by atoms with Gasteiger partial charge in [-0.25, -0.2) is 0 Å². The molecule has 0 amide bonds. The van der Waals surface area contributed by atoms with Gasteiger partial charge in [-0.3, -0.25) is 0 Å². The van der Waals surface area contributed by atoms with E-state index in [9.17, 15) is 0 Å². The van der Waals surface area contributed by atoms with E-state index in [1.807, 2.05) is 56.3 Å². The molecule has 0 radical (unpaired) electrons. The maximum absolute atomic E-state index is 6.13. The lowest BCUT2D eigenvalue weighted by molar-refractivity contribution is 0.230. The van der Waals surface area contributed by atoms with Crippen LogP contribution in [0.25, 0.3) is 0 Å². The molecule has 0 unspecified atom stereocenters. The Bertz CT molecular complexity index is 599. The van der Waals surface area contributed by atoms with E-state index < -0.39 is 0 Å². The Morgan fingerprint density at radius 3 is 2.52 bits per heavy atom. The molecule has 1 N–H and O–H groups in total. The van der Waals surface area contributed by atoms with E-state index in [0.29, 0.717) is 11.6 Å². The van der Waals surface area contributed by atoms with Gasteiger partial charge in [-0.05, 0) is 43.7 Å². The highest BCUT2D eigenvalue weighted by atomic mass is 35.5. The molecule has 0 aliphatic heterocycles. The lowest BCUT2D eigenvalue weighted by Crippen LogP contribution is -2.08. The minimum absolute atomic E-state index is 0.102. The molecule has 0 bridgehead atoms. The summed E-state index contributed by atoms with van der Waals surface area (Å²) in [6.45, 7) is 4.66. The smallest absolute Gasteiger partial charge is 0.161 e. The van der Waals surface area contributed by atoms with Gasteiger partial charge in [0.25, 0.3) is 0 Å². The van der Waals surface area contributed by atoms with Crippen molar-refractivity contribution in [3.05, 3.63) is 53.1 Å². The minimum Gasteiger partial charge on any atom is -0.493 e. The Balaban J connectivity index is 2.12. The Morgan fingerprint density at radius 2 is 1.86 bits per heavy atom. The summed E-state index contributed by atoms with van der Waals surface area (Å²) in [5.74, 6) is 1.50. The first-order valence-corrected chi connectivity index (χ1v) is 7.30. The first-order valence-electron chi connectivity index (χ1n) is 6.92. The van der Waals surface area contributed by atoms with Crippen molar-refractivity contribution in [1.29, 1.82) is 0 Å². The number of para-hydroxylation sites is 1. The summed E-state index contributed by atoms with van der Waals surface area (Å²) >= 11 is 6.13. The van der Waals surface area contributed by atoms with Crippen molar-refractivity contribution >= 4 is 17.3 Å². The van der Waals surface area contributed by atoms with Crippen molar-refractivity contribution < 1.29 is 9.47 Å². The largest absolute Gasteiger partial charge is 0.493 e.